The van der Waals surface area contributed by atoms with E-state index in [1.165, 1.54) is 6.92 Å². The maximum Gasteiger partial charge on any atom is 0.183 e. The third-order valence-corrected chi connectivity index (χ3v) is 2.14. The molecule has 1 heterocycles. The molecular weight excluding hydrogens is 192 g/mol. The molecule has 1 aromatic carbocycles. The van der Waals surface area contributed by atoms with E-state index in [2.05, 4.69) is 10.2 Å². The highest BCUT2D eigenvalue weighted by Gasteiger charge is 2.16. The Balaban J connectivity index is 2.52. The highest BCUT2D eigenvalue weighted by Crippen LogP contribution is 2.29. The fourth-order valence-electron chi connectivity index (χ4n) is 1.39. The van der Waals surface area contributed by atoms with Gasteiger partial charge in [0, 0.05) is 12.5 Å². The molecule has 4 nitrogen and oxygen atoms in total. The van der Waals surface area contributed by atoms with Crippen molar-refractivity contribution in [2.75, 3.05) is 0 Å². The van der Waals surface area contributed by atoms with Crippen LogP contribution in [0.4, 0.5) is 0 Å². The summed E-state index contributed by atoms with van der Waals surface area (Å²) < 4.78 is 0. The molecule has 0 saturated carbocycles. The summed E-state index contributed by atoms with van der Waals surface area (Å²) in [6.45, 7) is 1.37. The summed E-state index contributed by atoms with van der Waals surface area (Å²) >= 11 is 0. The van der Waals surface area contributed by atoms with Gasteiger partial charge in [-0.1, -0.05) is 30.3 Å². The van der Waals surface area contributed by atoms with Crippen LogP contribution in [0.15, 0.2) is 30.3 Å². The number of aromatic nitrogens is 2. The van der Waals surface area contributed by atoms with Crippen LogP contribution < -0.4 is 0 Å². The maximum atomic E-state index is 11.1. The SMILES string of the molecule is CC(=O)c1n[nH]c(-c2ccccc2)c1O. The van der Waals surface area contributed by atoms with Crippen LogP contribution in [0, 0.1) is 0 Å². The topological polar surface area (TPSA) is 66.0 Å². The number of hydrogen-bond donors (Lipinski definition) is 2. The smallest absolute Gasteiger partial charge is 0.183 e. The zero-order chi connectivity index (χ0) is 10.8. The minimum absolute atomic E-state index is 0.0776. The van der Waals surface area contributed by atoms with Gasteiger partial charge >= 0.3 is 0 Å². The molecule has 2 aromatic rings. The van der Waals surface area contributed by atoms with E-state index in [0.717, 1.165) is 5.56 Å². The molecule has 0 unspecified atom stereocenters. The van der Waals surface area contributed by atoms with Crippen LogP contribution in [0.5, 0.6) is 5.75 Å². The highest BCUT2D eigenvalue weighted by atomic mass is 16.3. The van der Waals surface area contributed by atoms with Crippen LogP contribution in [0.1, 0.15) is 17.4 Å². The van der Waals surface area contributed by atoms with Crippen LogP contribution in [0.25, 0.3) is 11.3 Å². The molecule has 0 radical (unpaired) electrons. The van der Waals surface area contributed by atoms with Crippen LogP contribution in [-0.4, -0.2) is 21.1 Å². The van der Waals surface area contributed by atoms with Crippen LogP contribution in [0.2, 0.25) is 0 Å². The van der Waals surface area contributed by atoms with Crippen molar-refractivity contribution in [2.45, 2.75) is 6.92 Å². The van der Waals surface area contributed by atoms with E-state index >= 15 is 0 Å². The van der Waals surface area contributed by atoms with Crippen molar-refractivity contribution in [3.63, 3.8) is 0 Å². The Kier molecular flexibility index (Phi) is 2.25. The lowest BCUT2D eigenvalue weighted by Gasteiger charge is -1.97. The molecule has 15 heavy (non-hydrogen) atoms. The second-order valence-corrected chi connectivity index (χ2v) is 3.22. The number of rotatable bonds is 2. The van der Waals surface area contributed by atoms with E-state index in [1.807, 2.05) is 30.3 Å². The number of aromatic hydroxyl groups is 1. The molecule has 0 spiro atoms. The Morgan fingerprint density at radius 1 is 1.33 bits per heavy atom. The van der Waals surface area contributed by atoms with E-state index in [1.54, 1.807) is 0 Å². The Morgan fingerprint density at radius 3 is 2.53 bits per heavy atom. The molecule has 1 aromatic heterocycles. The molecule has 0 aliphatic rings. The van der Waals surface area contributed by atoms with Gasteiger partial charge in [-0.2, -0.15) is 5.10 Å². The summed E-state index contributed by atoms with van der Waals surface area (Å²) in [5.41, 5.74) is 1.35. The van der Waals surface area contributed by atoms with Crippen molar-refractivity contribution in [3.05, 3.63) is 36.0 Å². The molecule has 0 atom stereocenters. The first-order chi connectivity index (χ1) is 7.20. The van der Waals surface area contributed by atoms with Gasteiger partial charge in [-0.25, -0.2) is 0 Å². The number of nitrogens with zero attached hydrogens (tertiary/aromatic N) is 1. The summed E-state index contributed by atoms with van der Waals surface area (Å²) in [7, 11) is 0. The quantitative estimate of drug-likeness (QED) is 0.732. The fourth-order valence-corrected chi connectivity index (χ4v) is 1.39. The molecule has 4 heteroatoms. The Labute approximate surface area is 86.6 Å². The minimum atomic E-state index is -0.258. The zero-order valence-electron chi connectivity index (χ0n) is 8.19. The average Bonchev–Trinajstić information content (AvgIpc) is 2.61. The lowest BCUT2D eigenvalue weighted by Crippen LogP contribution is -1.91. The van der Waals surface area contributed by atoms with E-state index in [-0.39, 0.29) is 17.2 Å². The Morgan fingerprint density at radius 2 is 2.00 bits per heavy atom. The van der Waals surface area contributed by atoms with E-state index in [0.29, 0.717) is 5.69 Å². The first-order valence-corrected chi connectivity index (χ1v) is 4.54. The van der Waals surface area contributed by atoms with Crippen molar-refractivity contribution < 1.29 is 9.90 Å². The van der Waals surface area contributed by atoms with Gasteiger partial charge in [-0.15, -0.1) is 0 Å². The van der Waals surface area contributed by atoms with Gasteiger partial charge in [0.15, 0.2) is 17.2 Å². The van der Waals surface area contributed by atoms with Crippen LogP contribution in [-0.2, 0) is 0 Å². The molecule has 0 saturated heterocycles. The lowest BCUT2D eigenvalue weighted by molar-refractivity contribution is 0.101. The standard InChI is InChI=1S/C11H10N2O2/c1-7(14)9-11(15)10(13-12-9)8-5-3-2-4-6-8/h2-6,15H,1H3,(H,12,13). The third kappa shape index (κ3) is 1.61. The highest BCUT2D eigenvalue weighted by molar-refractivity contribution is 5.96. The summed E-state index contributed by atoms with van der Waals surface area (Å²) in [6, 6.07) is 9.24. The van der Waals surface area contributed by atoms with Crippen LogP contribution >= 0.6 is 0 Å². The number of ketones is 1. The van der Waals surface area contributed by atoms with Gasteiger partial charge in [0.25, 0.3) is 0 Å². The van der Waals surface area contributed by atoms with Gasteiger partial charge < -0.3 is 5.11 Å². The number of aromatic amines is 1. The summed E-state index contributed by atoms with van der Waals surface area (Å²) in [6.07, 6.45) is 0. The molecule has 0 aliphatic carbocycles. The number of carbonyl (C=O) groups excluding carboxylic acids is 1. The van der Waals surface area contributed by atoms with Gasteiger partial charge in [0.05, 0.1) is 0 Å². The van der Waals surface area contributed by atoms with Crippen molar-refractivity contribution in [1.29, 1.82) is 0 Å². The maximum absolute atomic E-state index is 11.1. The summed E-state index contributed by atoms with van der Waals surface area (Å²) in [5.74, 6) is -0.348. The fraction of sp³-hybridized carbons (Fsp3) is 0.0909. The molecule has 0 amide bonds. The molecular formula is C11H10N2O2. The second-order valence-electron chi connectivity index (χ2n) is 3.22. The number of carbonyl (C=O) groups is 1. The van der Waals surface area contributed by atoms with Gasteiger partial charge in [-0.05, 0) is 0 Å². The van der Waals surface area contributed by atoms with Gasteiger partial charge in [0.1, 0.15) is 5.69 Å². The van der Waals surface area contributed by atoms with Crippen molar-refractivity contribution in [1.82, 2.24) is 10.2 Å². The molecule has 0 aliphatic heterocycles. The lowest BCUT2D eigenvalue weighted by atomic mass is 10.1. The Hall–Kier alpha value is -2.10. The third-order valence-electron chi connectivity index (χ3n) is 2.14. The average molecular weight is 202 g/mol. The molecule has 2 N–H and O–H groups in total. The van der Waals surface area contributed by atoms with Crippen LogP contribution in [0.3, 0.4) is 0 Å². The predicted molar refractivity (Wildman–Crippen MR) is 55.7 cm³/mol. The van der Waals surface area contributed by atoms with E-state index in [4.69, 9.17) is 0 Å². The zero-order valence-corrected chi connectivity index (χ0v) is 8.19. The Bertz CT molecular complexity index is 489. The number of H-pyrrole nitrogens is 1. The first kappa shape index (κ1) is 9.45. The number of Topliss-reactive ketones (excluding diaryl/α,β-unsaturated/α-hetero) is 1. The van der Waals surface area contributed by atoms with Crippen molar-refractivity contribution in [2.24, 2.45) is 0 Å². The first-order valence-electron chi connectivity index (χ1n) is 4.54. The van der Waals surface area contributed by atoms with Crippen molar-refractivity contribution >= 4 is 5.78 Å². The second kappa shape index (κ2) is 3.57. The molecule has 0 bridgehead atoms. The summed E-state index contributed by atoms with van der Waals surface area (Å²) in [4.78, 5) is 11.1. The predicted octanol–water partition coefficient (Wildman–Crippen LogP) is 1.98. The monoisotopic (exact) mass is 202 g/mol. The van der Waals surface area contributed by atoms with Crippen molar-refractivity contribution in [3.8, 4) is 17.0 Å². The van der Waals surface area contributed by atoms with E-state index < -0.39 is 0 Å². The van der Waals surface area contributed by atoms with Gasteiger partial charge in [-0.3, -0.25) is 9.89 Å². The molecule has 0 fully saturated rings. The van der Waals surface area contributed by atoms with Gasteiger partial charge in [0.2, 0.25) is 0 Å². The largest absolute Gasteiger partial charge is 0.504 e. The molecule has 2 rings (SSSR count). The van der Waals surface area contributed by atoms with E-state index in [9.17, 15) is 9.90 Å². The minimum Gasteiger partial charge on any atom is -0.504 e. The number of benzene rings is 1. The summed E-state index contributed by atoms with van der Waals surface area (Å²) in [5, 5.41) is 16.2. The number of hydrogen-bond acceptors (Lipinski definition) is 3. The molecule has 76 valence electrons. The number of nitrogens with one attached hydrogen (secondary N) is 1. The normalized spacial score (nSPS) is 10.2.